The Labute approximate surface area is 97.7 Å². The van der Waals surface area contributed by atoms with E-state index < -0.39 is 0 Å². The molecular formula is C8H7BrFIO2. The number of hydrogen-bond donors (Lipinski definition) is 0. The maximum absolute atomic E-state index is 13.0. The van der Waals surface area contributed by atoms with Crippen LogP contribution in [0.3, 0.4) is 0 Å². The number of rotatable bonds is 3. The number of ether oxygens (including phenoxy) is 2. The smallest absolute Gasteiger partial charge is 0.188 e. The lowest BCUT2D eigenvalue weighted by molar-refractivity contribution is 0.0497. The largest absolute Gasteiger partial charge is 0.465 e. The van der Waals surface area contributed by atoms with Gasteiger partial charge in [0.2, 0.25) is 0 Å². The third-order valence-electron chi connectivity index (χ3n) is 1.32. The summed E-state index contributed by atoms with van der Waals surface area (Å²) in [6.45, 7) is 0.109. The summed E-state index contributed by atoms with van der Waals surface area (Å²) in [7, 11) is 1.51. The molecule has 0 aliphatic rings. The molecule has 1 aromatic rings. The summed E-state index contributed by atoms with van der Waals surface area (Å²) in [5.41, 5.74) is 0. The molecule has 0 aliphatic carbocycles. The minimum absolute atomic E-state index is 0.109. The molecule has 0 radical (unpaired) electrons. The second-order valence-electron chi connectivity index (χ2n) is 2.22. The normalized spacial score (nSPS) is 10.2. The number of hydrogen-bond acceptors (Lipinski definition) is 2. The van der Waals surface area contributed by atoms with E-state index >= 15 is 0 Å². The van der Waals surface area contributed by atoms with Crippen LogP contribution in [-0.2, 0) is 4.74 Å². The molecule has 1 aromatic carbocycles. The van der Waals surface area contributed by atoms with E-state index in [1.807, 2.05) is 22.6 Å². The van der Waals surface area contributed by atoms with Gasteiger partial charge in [-0.3, -0.25) is 0 Å². The Kier molecular flexibility index (Phi) is 4.40. The maximum atomic E-state index is 13.0. The summed E-state index contributed by atoms with van der Waals surface area (Å²) in [5, 5.41) is 0. The van der Waals surface area contributed by atoms with Gasteiger partial charge >= 0.3 is 0 Å². The van der Waals surface area contributed by atoms with Crippen LogP contribution in [0.4, 0.5) is 4.39 Å². The molecule has 0 bridgehead atoms. The monoisotopic (exact) mass is 360 g/mol. The fraction of sp³-hybridized carbons (Fsp3) is 0.250. The number of halogens is 3. The molecule has 2 nitrogen and oxygen atoms in total. The highest BCUT2D eigenvalue weighted by Crippen LogP contribution is 2.32. The SMILES string of the molecule is COCOc1c(Br)ccc(F)c1I. The Hall–Kier alpha value is 0.120. The maximum Gasteiger partial charge on any atom is 0.188 e. The molecule has 1 rings (SSSR count). The van der Waals surface area contributed by atoms with Crippen LogP contribution in [0.1, 0.15) is 0 Å². The second kappa shape index (κ2) is 5.11. The topological polar surface area (TPSA) is 18.5 Å². The second-order valence-corrected chi connectivity index (χ2v) is 4.16. The lowest BCUT2D eigenvalue weighted by Crippen LogP contribution is -2.02. The van der Waals surface area contributed by atoms with Gasteiger partial charge in [0, 0.05) is 7.11 Å². The van der Waals surface area contributed by atoms with Gasteiger partial charge in [-0.15, -0.1) is 0 Å². The molecule has 0 aliphatic heterocycles. The molecule has 13 heavy (non-hydrogen) atoms. The fourth-order valence-corrected chi connectivity index (χ4v) is 2.20. The van der Waals surface area contributed by atoms with Gasteiger partial charge in [0.05, 0.1) is 8.04 Å². The van der Waals surface area contributed by atoms with E-state index in [1.165, 1.54) is 13.2 Å². The van der Waals surface area contributed by atoms with Crippen LogP contribution in [0.15, 0.2) is 16.6 Å². The Morgan fingerprint density at radius 3 is 2.85 bits per heavy atom. The van der Waals surface area contributed by atoms with E-state index in [0.29, 0.717) is 9.32 Å². The first kappa shape index (κ1) is 11.2. The van der Waals surface area contributed by atoms with E-state index in [-0.39, 0.29) is 12.6 Å². The summed E-state index contributed by atoms with van der Waals surface area (Å²) >= 11 is 5.14. The van der Waals surface area contributed by atoms with Gasteiger partial charge in [0.15, 0.2) is 12.5 Å². The van der Waals surface area contributed by atoms with E-state index in [0.717, 1.165) is 4.47 Å². The van der Waals surface area contributed by atoms with Crippen LogP contribution in [0, 0.1) is 9.39 Å². The fourth-order valence-electron chi connectivity index (χ4n) is 0.759. The summed E-state index contributed by atoms with van der Waals surface area (Å²) in [5.74, 6) is 0.178. The Morgan fingerprint density at radius 1 is 1.54 bits per heavy atom. The van der Waals surface area contributed by atoms with Crippen LogP contribution >= 0.6 is 38.5 Å². The van der Waals surface area contributed by atoms with Gasteiger partial charge < -0.3 is 9.47 Å². The van der Waals surface area contributed by atoms with Gasteiger partial charge in [0.25, 0.3) is 0 Å². The van der Waals surface area contributed by atoms with Gasteiger partial charge in [-0.05, 0) is 50.7 Å². The highest BCUT2D eigenvalue weighted by Gasteiger charge is 2.10. The van der Waals surface area contributed by atoms with Gasteiger partial charge in [0.1, 0.15) is 5.82 Å². The standard InChI is InChI=1S/C8H7BrFIO2/c1-12-4-13-8-5(9)2-3-6(10)7(8)11/h2-3H,4H2,1H3. The highest BCUT2D eigenvalue weighted by molar-refractivity contribution is 14.1. The third-order valence-corrected chi connectivity index (χ3v) is 2.95. The molecule has 0 saturated carbocycles. The van der Waals surface area contributed by atoms with E-state index in [2.05, 4.69) is 15.9 Å². The van der Waals surface area contributed by atoms with Crippen LogP contribution in [-0.4, -0.2) is 13.9 Å². The van der Waals surface area contributed by atoms with E-state index in [4.69, 9.17) is 9.47 Å². The Bertz CT molecular complexity index is 306. The lowest BCUT2D eigenvalue weighted by atomic mass is 10.3. The predicted molar refractivity (Wildman–Crippen MR) is 59.3 cm³/mol. The minimum atomic E-state index is -0.296. The molecule has 5 heteroatoms. The van der Waals surface area contributed by atoms with Crippen molar-refractivity contribution in [2.24, 2.45) is 0 Å². The van der Waals surface area contributed by atoms with Crippen LogP contribution < -0.4 is 4.74 Å². The molecule has 0 amide bonds. The molecule has 0 N–H and O–H groups in total. The van der Waals surface area contributed by atoms with Crippen molar-refractivity contribution in [2.75, 3.05) is 13.9 Å². The molecule has 0 saturated heterocycles. The third kappa shape index (κ3) is 2.78. The van der Waals surface area contributed by atoms with Crippen LogP contribution in [0.2, 0.25) is 0 Å². The van der Waals surface area contributed by atoms with Crippen molar-refractivity contribution < 1.29 is 13.9 Å². The molecule has 0 fully saturated rings. The highest BCUT2D eigenvalue weighted by atomic mass is 127. The molecule has 0 atom stereocenters. The molecule has 72 valence electrons. The molecule has 0 unspecified atom stereocenters. The van der Waals surface area contributed by atoms with Crippen molar-refractivity contribution >= 4 is 38.5 Å². The summed E-state index contributed by atoms with van der Waals surface area (Å²) < 4.78 is 24.1. The van der Waals surface area contributed by atoms with Crippen molar-refractivity contribution in [3.05, 3.63) is 26.0 Å². The van der Waals surface area contributed by atoms with Crippen LogP contribution in [0.5, 0.6) is 5.75 Å². The van der Waals surface area contributed by atoms with E-state index in [1.54, 1.807) is 6.07 Å². The first-order chi connectivity index (χ1) is 6.16. The molecule has 0 aromatic heterocycles. The number of methoxy groups -OCH3 is 1. The van der Waals surface area contributed by atoms with Crippen molar-refractivity contribution in [1.29, 1.82) is 0 Å². The van der Waals surface area contributed by atoms with Crippen molar-refractivity contribution in [1.82, 2.24) is 0 Å². The first-order valence-electron chi connectivity index (χ1n) is 3.42. The average molecular weight is 361 g/mol. The summed E-state index contributed by atoms with van der Waals surface area (Å²) in [4.78, 5) is 0. The average Bonchev–Trinajstić information content (AvgIpc) is 2.12. The Morgan fingerprint density at radius 2 is 2.23 bits per heavy atom. The van der Waals surface area contributed by atoms with Crippen molar-refractivity contribution in [2.45, 2.75) is 0 Å². The number of benzene rings is 1. The molecule has 0 spiro atoms. The van der Waals surface area contributed by atoms with Crippen molar-refractivity contribution in [3.63, 3.8) is 0 Å². The zero-order valence-electron chi connectivity index (χ0n) is 6.81. The first-order valence-corrected chi connectivity index (χ1v) is 5.29. The lowest BCUT2D eigenvalue weighted by Gasteiger charge is -2.09. The van der Waals surface area contributed by atoms with Gasteiger partial charge in [-0.2, -0.15) is 0 Å². The summed E-state index contributed by atoms with van der Waals surface area (Å²) in [6.07, 6.45) is 0. The summed E-state index contributed by atoms with van der Waals surface area (Å²) in [6, 6.07) is 2.98. The molecule has 0 heterocycles. The van der Waals surface area contributed by atoms with E-state index in [9.17, 15) is 4.39 Å². The zero-order chi connectivity index (χ0) is 9.84. The van der Waals surface area contributed by atoms with Crippen molar-refractivity contribution in [3.8, 4) is 5.75 Å². The zero-order valence-corrected chi connectivity index (χ0v) is 10.6. The van der Waals surface area contributed by atoms with Gasteiger partial charge in [-0.1, -0.05) is 0 Å². The van der Waals surface area contributed by atoms with Gasteiger partial charge in [-0.25, -0.2) is 4.39 Å². The van der Waals surface area contributed by atoms with Crippen LogP contribution in [0.25, 0.3) is 0 Å². The minimum Gasteiger partial charge on any atom is -0.465 e. The predicted octanol–water partition coefficient (Wildman–Crippen LogP) is 3.18. The Balaban J connectivity index is 2.96. The quantitative estimate of drug-likeness (QED) is 0.468. The molecular weight excluding hydrogens is 354 g/mol.